The number of aliphatic hydroxyl groups is 1. The second-order valence-corrected chi connectivity index (χ2v) is 20.1. The van der Waals surface area contributed by atoms with E-state index in [-0.39, 0.29) is 25.9 Å². The van der Waals surface area contributed by atoms with Gasteiger partial charge in [-0.3, -0.25) is 23.4 Å². The zero-order chi connectivity index (χ0) is 56.9. The van der Waals surface area contributed by atoms with Crippen molar-refractivity contribution >= 4 is 25.7 Å². The number of hydrogen-bond donors (Lipinski definition) is 2. The molecule has 0 aliphatic rings. The third-order valence-corrected chi connectivity index (χ3v) is 12.4. The van der Waals surface area contributed by atoms with Crippen LogP contribution in [0.2, 0.25) is 0 Å². The molecule has 0 aliphatic heterocycles. The van der Waals surface area contributed by atoms with Gasteiger partial charge in [0.05, 0.1) is 26.2 Å². The van der Waals surface area contributed by atoms with Gasteiger partial charge >= 0.3 is 25.7 Å². The van der Waals surface area contributed by atoms with Crippen LogP contribution in [-0.4, -0.2) is 66.5 Å². The molecule has 0 bridgehead atoms. The van der Waals surface area contributed by atoms with Crippen LogP contribution in [0.5, 0.6) is 0 Å². The maximum atomic E-state index is 12.9. The van der Waals surface area contributed by atoms with Gasteiger partial charge in [-0.25, -0.2) is 4.57 Å². The normalized spacial score (nSPS) is 14.5. The fourth-order valence-electron chi connectivity index (χ4n) is 7.12. The lowest BCUT2D eigenvalue weighted by Crippen LogP contribution is -2.30. The van der Waals surface area contributed by atoms with Gasteiger partial charge in [0.25, 0.3) is 0 Å². The number of allylic oxidation sites excluding steroid dienone is 25. The van der Waals surface area contributed by atoms with E-state index in [0.717, 1.165) is 135 Å². The van der Waals surface area contributed by atoms with E-state index < -0.39 is 57.8 Å². The highest BCUT2D eigenvalue weighted by Gasteiger charge is 2.28. The van der Waals surface area contributed by atoms with Gasteiger partial charge in [-0.15, -0.1) is 0 Å². The molecule has 0 spiro atoms. The molecule has 0 heterocycles. The summed E-state index contributed by atoms with van der Waals surface area (Å²) >= 11 is 0. The molecule has 12 heteroatoms. The Morgan fingerprint density at radius 3 is 1.08 bits per heavy atom. The quantitative estimate of drug-likeness (QED) is 0.0197. The van der Waals surface area contributed by atoms with E-state index in [9.17, 15) is 28.9 Å². The second kappa shape index (κ2) is 58.3. The Morgan fingerprint density at radius 2 is 0.679 bits per heavy atom. The summed E-state index contributed by atoms with van der Waals surface area (Å²) in [6.45, 7) is 4.12. The van der Waals surface area contributed by atoms with Crippen LogP contribution in [0, 0.1) is 0 Å². The van der Waals surface area contributed by atoms with Crippen LogP contribution in [-0.2, 0) is 42.2 Å². The van der Waals surface area contributed by atoms with E-state index in [1.54, 1.807) is 6.08 Å². The molecule has 0 radical (unpaired) electrons. The first-order valence-corrected chi connectivity index (χ1v) is 30.9. The Labute approximate surface area is 473 Å². The maximum absolute atomic E-state index is 12.9. The third kappa shape index (κ3) is 55.8. The van der Waals surface area contributed by atoms with Gasteiger partial charge in [-0.1, -0.05) is 217 Å². The van der Waals surface area contributed by atoms with Crippen LogP contribution >= 0.6 is 7.82 Å². The smallest absolute Gasteiger partial charge is 0.462 e. The number of unbranched alkanes of at least 4 members (excludes halogenated alkanes) is 10. The molecule has 0 aromatic heterocycles. The molecule has 3 unspecified atom stereocenters. The first-order valence-electron chi connectivity index (χ1n) is 29.4. The summed E-state index contributed by atoms with van der Waals surface area (Å²) in [4.78, 5) is 48.6. The van der Waals surface area contributed by atoms with Crippen molar-refractivity contribution in [3.63, 3.8) is 0 Å². The summed E-state index contributed by atoms with van der Waals surface area (Å²) in [6, 6.07) is 0. The Balaban J connectivity index is 4.91. The summed E-state index contributed by atoms with van der Waals surface area (Å²) in [7, 11) is -4.80. The topological polar surface area (TPSA) is 155 Å². The van der Waals surface area contributed by atoms with Gasteiger partial charge in [0.2, 0.25) is 0 Å². The molecule has 0 saturated carbocycles. The average molecular weight is 1100 g/mol. The van der Waals surface area contributed by atoms with Crippen molar-refractivity contribution in [3.8, 4) is 0 Å². The number of carbonyl (C=O) groups excluding carboxylic acids is 3. The minimum atomic E-state index is -4.80. The number of esters is 3. The van der Waals surface area contributed by atoms with Crippen LogP contribution in [0.25, 0.3) is 0 Å². The first kappa shape index (κ1) is 73.1. The van der Waals surface area contributed by atoms with Crippen LogP contribution in [0.1, 0.15) is 201 Å². The van der Waals surface area contributed by atoms with Crippen molar-refractivity contribution in [1.29, 1.82) is 0 Å². The summed E-state index contributed by atoms with van der Waals surface area (Å²) < 4.78 is 39.4. The number of rotatable bonds is 52. The Bertz CT molecular complexity index is 1910. The van der Waals surface area contributed by atoms with E-state index >= 15 is 0 Å². The molecule has 0 aliphatic carbocycles. The van der Waals surface area contributed by atoms with Crippen molar-refractivity contribution in [2.75, 3.05) is 26.4 Å². The minimum absolute atomic E-state index is 0.0670. The van der Waals surface area contributed by atoms with Crippen molar-refractivity contribution in [1.82, 2.24) is 0 Å². The van der Waals surface area contributed by atoms with Gasteiger partial charge in [-0.2, -0.15) is 0 Å². The Kier molecular flexibility index (Phi) is 54.6. The molecule has 2 N–H and O–H groups in total. The van der Waals surface area contributed by atoms with Crippen LogP contribution < -0.4 is 0 Å². The van der Waals surface area contributed by atoms with E-state index in [2.05, 4.69) is 154 Å². The van der Waals surface area contributed by atoms with Crippen molar-refractivity contribution in [3.05, 3.63) is 158 Å². The van der Waals surface area contributed by atoms with Crippen LogP contribution in [0.4, 0.5) is 0 Å². The Morgan fingerprint density at radius 1 is 0.372 bits per heavy atom. The highest BCUT2D eigenvalue weighted by Crippen LogP contribution is 2.43. The zero-order valence-electron chi connectivity index (χ0n) is 48.3. The third-order valence-electron chi connectivity index (χ3n) is 11.5. The molecule has 3 atom stereocenters. The highest BCUT2D eigenvalue weighted by molar-refractivity contribution is 7.47. The molecular formula is C66H103O11P. The Hall–Kier alpha value is -4.90. The number of phosphoric acid groups is 1. The van der Waals surface area contributed by atoms with Crippen LogP contribution in [0.15, 0.2) is 158 Å². The summed E-state index contributed by atoms with van der Waals surface area (Å²) in [5.41, 5.74) is 0. The lowest BCUT2D eigenvalue weighted by molar-refractivity contribution is -0.161. The molecule has 78 heavy (non-hydrogen) atoms. The summed E-state index contributed by atoms with van der Waals surface area (Å²) in [6.07, 6.45) is 76.6. The van der Waals surface area contributed by atoms with Crippen molar-refractivity contribution < 1.29 is 52.2 Å². The molecule has 0 rings (SSSR count). The molecule has 438 valence electrons. The highest BCUT2D eigenvalue weighted by atomic mass is 31.2. The van der Waals surface area contributed by atoms with Gasteiger partial charge in [0.1, 0.15) is 12.7 Å². The predicted octanol–water partition coefficient (Wildman–Crippen LogP) is 17.7. The van der Waals surface area contributed by atoms with Gasteiger partial charge in [0.15, 0.2) is 6.10 Å². The monoisotopic (exact) mass is 1100 g/mol. The fourth-order valence-corrected chi connectivity index (χ4v) is 7.90. The maximum Gasteiger partial charge on any atom is 0.472 e. The SMILES string of the molecule is CC/C=C\C/C=C\C/C=C\C/C=C\C/C=C\CCCCCC(=O)OC(COC(=O)CCCCCCCCC/C=C\C/C=C\C/C=C\CC)COP(=O)(O)OCC(CO)OC(=O)C/C=C\C/C=C\C/C=C\C/C=C\C/C=C\CC. The molecule has 0 aromatic carbocycles. The van der Waals surface area contributed by atoms with E-state index in [1.165, 1.54) is 6.42 Å². The molecule has 0 saturated heterocycles. The van der Waals surface area contributed by atoms with Crippen molar-refractivity contribution in [2.45, 2.75) is 213 Å². The standard InChI is InChI=1S/C66H103O11P/c1-4-7-10-13-16-19-22-25-28-30-31-33-36-39-42-45-48-51-54-57-66(70)77-63(59-73-64(68)55-52-49-46-43-40-37-35-32-29-26-23-20-17-14-11-8-5-2)61-75-78(71,72)74-60-62(58-67)76-65(69)56-53-50-47-44-41-38-34-27-24-21-18-15-12-9-6-3/h7-12,16-21,25-29,31,33-34,39,41-42,44,50,53,62-63,67H,4-6,13-15,22-24,30,32,35-38,40,43,45-49,51-52,54-61H2,1-3H3,(H,71,72)/b10-7-,11-8-,12-9-,19-16-,20-17-,21-18-,28-25-,29-26-,33-31-,34-27-,42-39-,44-41-,53-50-. The van der Waals surface area contributed by atoms with Gasteiger partial charge < -0.3 is 24.2 Å². The second-order valence-electron chi connectivity index (χ2n) is 18.7. The zero-order valence-corrected chi connectivity index (χ0v) is 49.2. The molecule has 0 aromatic rings. The van der Waals surface area contributed by atoms with Gasteiger partial charge in [0, 0.05) is 12.8 Å². The van der Waals surface area contributed by atoms with E-state index in [4.69, 9.17) is 23.3 Å². The number of phosphoric ester groups is 1. The lowest BCUT2D eigenvalue weighted by Gasteiger charge is -2.21. The van der Waals surface area contributed by atoms with E-state index in [1.807, 2.05) is 18.2 Å². The van der Waals surface area contributed by atoms with Gasteiger partial charge in [-0.05, 0) is 122 Å². The summed E-state index contributed by atoms with van der Waals surface area (Å²) in [5.74, 6) is -1.67. The summed E-state index contributed by atoms with van der Waals surface area (Å²) in [5, 5.41) is 9.80. The predicted molar refractivity (Wildman–Crippen MR) is 325 cm³/mol. The number of carbonyl (C=O) groups is 3. The molecular weight excluding hydrogens is 1000 g/mol. The number of ether oxygens (including phenoxy) is 3. The lowest BCUT2D eigenvalue weighted by atomic mass is 10.1. The fraction of sp³-hybridized carbons (Fsp3) is 0.561. The molecule has 0 amide bonds. The molecule has 0 fully saturated rings. The van der Waals surface area contributed by atoms with E-state index in [0.29, 0.717) is 19.3 Å². The largest absolute Gasteiger partial charge is 0.472 e. The van der Waals surface area contributed by atoms with Crippen molar-refractivity contribution in [2.24, 2.45) is 0 Å². The molecule has 11 nitrogen and oxygen atoms in total. The van der Waals surface area contributed by atoms with Crippen LogP contribution in [0.3, 0.4) is 0 Å². The number of aliphatic hydroxyl groups excluding tert-OH is 1. The first-order chi connectivity index (χ1) is 38.2. The average Bonchev–Trinajstić information content (AvgIpc) is 3.43. The number of hydrogen-bond acceptors (Lipinski definition) is 10. The minimum Gasteiger partial charge on any atom is -0.462 e.